The zero-order valence-corrected chi connectivity index (χ0v) is 19.3. The Kier molecular flexibility index (Phi) is 6.63. The lowest BCUT2D eigenvalue weighted by atomic mass is 9.90. The highest BCUT2D eigenvalue weighted by Crippen LogP contribution is 2.34. The van der Waals surface area contributed by atoms with Crippen LogP contribution in [-0.4, -0.2) is 79.0 Å². The fourth-order valence-corrected chi connectivity index (χ4v) is 5.91. The van der Waals surface area contributed by atoms with Crippen LogP contribution in [0.1, 0.15) is 43.7 Å². The normalized spacial score (nSPS) is 23.5. The molecule has 4 rings (SSSR count). The zero-order valence-electron chi connectivity index (χ0n) is 18.5. The van der Waals surface area contributed by atoms with Crippen molar-refractivity contribution in [1.82, 2.24) is 20.1 Å². The SMILES string of the molecule is CC(C)C(=O)N1CCN(c2nc3c(s2)C[C@@H](C(=O)NC2CCN(C)CC2)CC3)CC1. The molecular weight excluding hydrogens is 398 g/mol. The van der Waals surface area contributed by atoms with E-state index in [0.29, 0.717) is 6.04 Å². The number of nitrogens with one attached hydrogen (secondary N) is 1. The van der Waals surface area contributed by atoms with E-state index in [1.807, 2.05) is 18.7 Å². The summed E-state index contributed by atoms with van der Waals surface area (Å²) < 4.78 is 0. The Balaban J connectivity index is 1.31. The standard InChI is InChI=1S/C22H35N5O2S/c1-15(2)21(29)26-10-12-27(13-11-26)22-24-18-5-4-16(14-19(18)30-22)20(28)23-17-6-8-25(3)9-7-17/h15-17H,4-14H2,1-3H3,(H,23,28)/t16-/m0/s1. The summed E-state index contributed by atoms with van der Waals surface area (Å²) in [5, 5.41) is 4.37. The Morgan fingerprint density at radius 2 is 1.77 bits per heavy atom. The molecule has 0 bridgehead atoms. The van der Waals surface area contributed by atoms with Gasteiger partial charge in [0, 0.05) is 48.9 Å². The number of likely N-dealkylation sites (tertiary alicyclic amines) is 1. The first-order valence-corrected chi connectivity index (χ1v) is 12.2. The second kappa shape index (κ2) is 9.22. The van der Waals surface area contributed by atoms with E-state index in [0.717, 1.165) is 76.5 Å². The van der Waals surface area contributed by atoms with Crippen molar-refractivity contribution >= 4 is 28.3 Å². The maximum absolute atomic E-state index is 12.8. The number of thiazole rings is 1. The van der Waals surface area contributed by atoms with Crippen LogP contribution in [0.15, 0.2) is 0 Å². The molecule has 0 aromatic carbocycles. The first kappa shape index (κ1) is 21.6. The van der Waals surface area contributed by atoms with Crippen molar-refractivity contribution in [3.63, 3.8) is 0 Å². The molecule has 1 aliphatic carbocycles. The van der Waals surface area contributed by atoms with Crippen molar-refractivity contribution in [2.75, 3.05) is 51.2 Å². The fourth-order valence-electron chi connectivity index (χ4n) is 4.68. The summed E-state index contributed by atoms with van der Waals surface area (Å²) in [6.07, 6.45) is 4.71. The highest BCUT2D eigenvalue weighted by Gasteiger charge is 2.31. The van der Waals surface area contributed by atoms with E-state index >= 15 is 0 Å². The predicted octanol–water partition coefficient (Wildman–Crippen LogP) is 1.76. The Morgan fingerprint density at radius 3 is 2.43 bits per heavy atom. The molecule has 0 spiro atoms. The number of amides is 2. The lowest BCUT2D eigenvalue weighted by Crippen LogP contribution is -2.49. The Labute approximate surface area is 183 Å². The largest absolute Gasteiger partial charge is 0.353 e. The summed E-state index contributed by atoms with van der Waals surface area (Å²) in [4.78, 5) is 37.8. The summed E-state index contributed by atoms with van der Waals surface area (Å²) in [5.74, 6) is 0.602. The molecule has 1 aromatic rings. The van der Waals surface area contributed by atoms with Crippen LogP contribution in [-0.2, 0) is 22.4 Å². The molecule has 7 nitrogen and oxygen atoms in total. The van der Waals surface area contributed by atoms with E-state index < -0.39 is 0 Å². The van der Waals surface area contributed by atoms with E-state index in [2.05, 4.69) is 22.2 Å². The number of hydrogen-bond acceptors (Lipinski definition) is 6. The molecule has 2 fully saturated rings. The first-order valence-electron chi connectivity index (χ1n) is 11.4. The minimum Gasteiger partial charge on any atom is -0.353 e. The number of nitrogens with zero attached hydrogens (tertiary/aromatic N) is 4. The van der Waals surface area contributed by atoms with Crippen LogP contribution in [0, 0.1) is 11.8 Å². The van der Waals surface area contributed by atoms with Crippen molar-refractivity contribution < 1.29 is 9.59 Å². The number of rotatable bonds is 4. The number of carbonyl (C=O) groups excluding carboxylic acids is 2. The highest BCUT2D eigenvalue weighted by atomic mass is 32.1. The van der Waals surface area contributed by atoms with Gasteiger partial charge in [-0.1, -0.05) is 13.8 Å². The second-order valence-corrected chi connectivity index (χ2v) is 10.4. The van der Waals surface area contributed by atoms with Crippen LogP contribution in [0.25, 0.3) is 0 Å². The molecule has 3 heterocycles. The van der Waals surface area contributed by atoms with Gasteiger partial charge in [-0.05, 0) is 52.2 Å². The second-order valence-electron chi connectivity index (χ2n) is 9.36. The van der Waals surface area contributed by atoms with Gasteiger partial charge in [0.2, 0.25) is 11.8 Å². The molecule has 3 aliphatic rings. The predicted molar refractivity (Wildman–Crippen MR) is 120 cm³/mol. The van der Waals surface area contributed by atoms with Gasteiger partial charge >= 0.3 is 0 Å². The summed E-state index contributed by atoms with van der Waals surface area (Å²) in [6.45, 7) is 9.26. The molecule has 8 heteroatoms. The molecule has 0 radical (unpaired) electrons. The van der Waals surface area contributed by atoms with Crippen LogP contribution >= 0.6 is 11.3 Å². The van der Waals surface area contributed by atoms with Crippen LogP contribution in [0.4, 0.5) is 5.13 Å². The molecular formula is C22H35N5O2S. The number of carbonyl (C=O) groups is 2. The van der Waals surface area contributed by atoms with E-state index in [4.69, 9.17) is 4.98 Å². The Hall–Kier alpha value is -1.67. The van der Waals surface area contributed by atoms with Gasteiger partial charge in [0.05, 0.1) is 5.69 Å². The van der Waals surface area contributed by atoms with Gasteiger partial charge in [-0.25, -0.2) is 4.98 Å². The number of piperidine rings is 1. The first-order chi connectivity index (χ1) is 14.4. The van der Waals surface area contributed by atoms with Gasteiger partial charge < -0.3 is 20.0 Å². The minimum absolute atomic E-state index is 0.0568. The third-order valence-corrected chi connectivity index (χ3v) is 7.90. The van der Waals surface area contributed by atoms with Crippen molar-refractivity contribution in [2.45, 2.75) is 52.0 Å². The van der Waals surface area contributed by atoms with E-state index in [1.165, 1.54) is 10.6 Å². The molecule has 1 atom stereocenters. The number of anilines is 1. The topological polar surface area (TPSA) is 68.8 Å². The van der Waals surface area contributed by atoms with Crippen molar-refractivity contribution in [1.29, 1.82) is 0 Å². The van der Waals surface area contributed by atoms with Crippen LogP contribution in [0.2, 0.25) is 0 Å². The molecule has 0 unspecified atom stereocenters. The van der Waals surface area contributed by atoms with E-state index in [-0.39, 0.29) is 23.7 Å². The third kappa shape index (κ3) is 4.80. The summed E-state index contributed by atoms with van der Waals surface area (Å²) in [5.41, 5.74) is 1.18. The smallest absolute Gasteiger partial charge is 0.225 e. The quantitative estimate of drug-likeness (QED) is 0.784. The summed E-state index contributed by atoms with van der Waals surface area (Å²) >= 11 is 1.75. The van der Waals surface area contributed by atoms with Crippen molar-refractivity contribution in [3.05, 3.63) is 10.6 Å². The Morgan fingerprint density at radius 1 is 1.07 bits per heavy atom. The number of piperazine rings is 1. The van der Waals surface area contributed by atoms with Crippen LogP contribution < -0.4 is 10.2 Å². The molecule has 1 N–H and O–H groups in total. The Bertz CT molecular complexity index is 764. The third-order valence-electron chi connectivity index (χ3n) is 6.72. The molecule has 30 heavy (non-hydrogen) atoms. The number of hydrogen-bond donors (Lipinski definition) is 1. The average Bonchev–Trinajstić information content (AvgIpc) is 3.18. The fraction of sp³-hybridized carbons (Fsp3) is 0.773. The maximum Gasteiger partial charge on any atom is 0.225 e. The molecule has 2 aliphatic heterocycles. The highest BCUT2D eigenvalue weighted by molar-refractivity contribution is 7.15. The van der Waals surface area contributed by atoms with E-state index in [9.17, 15) is 9.59 Å². The summed E-state index contributed by atoms with van der Waals surface area (Å²) in [6, 6.07) is 0.331. The molecule has 2 saturated heterocycles. The lowest BCUT2D eigenvalue weighted by molar-refractivity contribution is -0.134. The van der Waals surface area contributed by atoms with Gasteiger partial charge in [0.25, 0.3) is 0 Å². The monoisotopic (exact) mass is 433 g/mol. The van der Waals surface area contributed by atoms with Crippen LogP contribution in [0.3, 0.4) is 0 Å². The number of fused-ring (bicyclic) bond motifs is 1. The van der Waals surface area contributed by atoms with Gasteiger partial charge in [-0.2, -0.15) is 0 Å². The zero-order chi connectivity index (χ0) is 21.3. The van der Waals surface area contributed by atoms with Gasteiger partial charge in [0.15, 0.2) is 5.13 Å². The van der Waals surface area contributed by atoms with Crippen molar-refractivity contribution in [2.24, 2.45) is 11.8 Å². The summed E-state index contributed by atoms with van der Waals surface area (Å²) in [7, 11) is 2.14. The molecule has 166 valence electrons. The number of aryl methyl sites for hydroxylation is 1. The molecule has 2 amide bonds. The minimum atomic E-state index is 0.0568. The van der Waals surface area contributed by atoms with Crippen LogP contribution in [0.5, 0.6) is 0 Å². The van der Waals surface area contributed by atoms with Gasteiger partial charge in [-0.15, -0.1) is 11.3 Å². The van der Waals surface area contributed by atoms with Crippen molar-refractivity contribution in [3.8, 4) is 0 Å². The number of aromatic nitrogens is 1. The van der Waals surface area contributed by atoms with Gasteiger partial charge in [-0.3, -0.25) is 9.59 Å². The molecule has 0 saturated carbocycles. The molecule has 1 aromatic heterocycles. The van der Waals surface area contributed by atoms with Gasteiger partial charge in [0.1, 0.15) is 0 Å². The maximum atomic E-state index is 12.8. The lowest BCUT2D eigenvalue weighted by Gasteiger charge is -2.35. The van der Waals surface area contributed by atoms with E-state index in [1.54, 1.807) is 11.3 Å². The average molecular weight is 434 g/mol.